The number of hydrogen-bond acceptors (Lipinski definition) is 2. The first-order chi connectivity index (χ1) is 6.81. The predicted molar refractivity (Wildman–Crippen MR) is 53.7 cm³/mol. The van der Waals surface area contributed by atoms with E-state index in [9.17, 15) is 4.79 Å². The molecule has 0 aliphatic carbocycles. The Balaban J connectivity index is 2.49. The lowest BCUT2D eigenvalue weighted by Gasteiger charge is -2.03. The second-order valence-electron chi connectivity index (χ2n) is 3.14. The van der Waals surface area contributed by atoms with Crippen molar-refractivity contribution in [2.45, 2.75) is 6.92 Å². The molecule has 70 valence electrons. The molecule has 1 heterocycles. The lowest BCUT2D eigenvalue weighted by Crippen LogP contribution is -1.96. The maximum Gasteiger partial charge on any atom is 0.168 e. The highest BCUT2D eigenvalue weighted by Crippen LogP contribution is 2.10. The molecule has 3 nitrogen and oxygen atoms in total. The Morgan fingerprint density at radius 3 is 2.64 bits per heavy atom. The van der Waals surface area contributed by atoms with E-state index in [1.807, 2.05) is 31.2 Å². The first kappa shape index (κ1) is 8.69. The monoisotopic (exact) mass is 186 g/mol. The van der Waals surface area contributed by atoms with Crippen molar-refractivity contribution in [2.24, 2.45) is 0 Å². The number of carbonyl (C=O) groups is 1. The number of aldehydes is 1. The molecule has 0 unspecified atom stereocenters. The largest absolute Gasteiger partial charge is 0.296 e. The van der Waals surface area contributed by atoms with E-state index < -0.39 is 0 Å². The zero-order chi connectivity index (χ0) is 9.97. The Morgan fingerprint density at radius 1 is 1.29 bits per heavy atom. The third kappa shape index (κ3) is 1.44. The number of benzene rings is 1. The van der Waals surface area contributed by atoms with E-state index in [0.717, 1.165) is 12.0 Å². The van der Waals surface area contributed by atoms with Crippen molar-refractivity contribution in [3.05, 3.63) is 48.0 Å². The van der Waals surface area contributed by atoms with Crippen LogP contribution in [0.4, 0.5) is 0 Å². The van der Waals surface area contributed by atoms with E-state index in [0.29, 0.717) is 5.69 Å². The summed E-state index contributed by atoms with van der Waals surface area (Å²) in [5.74, 6) is 0. The quantitative estimate of drug-likeness (QED) is 0.672. The summed E-state index contributed by atoms with van der Waals surface area (Å²) in [6.07, 6.45) is 3.98. The number of hydrogen-bond donors (Lipinski definition) is 0. The molecule has 0 amide bonds. The summed E-state index contributed by atoms with van der Waals surface area (Å²) in [7, 11) is 0. The number of nitrogens with zero attached hydrogens (tertiary/aromatic N) is 2. The molecule has 2 rings (SSSR count). The number of imidazole rings is 1. The van der Waals surface area contributed by atoms with Gasteiger partial charge in [0.15, 0.2) is 6.29 Å². The van der Waals surface area contributed by atoms with Crippen LogP contribution in [0.2, 0.25) is 0 Å². The molecular formula is C11H10N2O. The maximum atomic E-state index is 10.7. The average Bonchev–Trinajstić information content (AvgIpc) is 2.67. The molecule has 3 heteroatoms. The summed E-state index contributed by atoms with van der Waals surface area (Å²) in [6.45, 7) is 2.03. The van der Waals surface area contributed by atoms with Gasteiger partial charge in [-0.3, -0.25) is 9.36 Å². The Labute approximate surface area is 82.0 Å². The summed E-state index contributed by atoms with van der Waals surface area (Å²) in [4.78, 5) is 14.6. The third-order valence-electron chi connectivity index (χ3n) is 2.10. The molecule has 0 spiro atoms. The minimum atomic E-state index is 0.564. The van der Waals surface area contributed by atoms with E-state index in [1.54, 1.807) is 17.1 Å². The van der Waals surface area contributed by atoms with Gasteiger partial charge in [0.25, 0.3) is 0 Å². The van der Waals surface area contributed by atoms with Gasteiger partial charge in [0.1, 0.15) is 5.69 Å². The highest BCUT2D eigenvalue weighted by molar-refractivity contribution is 5.73. The molecule has 0 atom stereocenters. The topological polar surface area (TPSA) is 34.9 Å². The van der Waals surface area contributed by atoms with Crippen molar-refractivity contribution in [3.8, 4) is 5.69 Å². The van der Waals surface area contributed by atoms with Crippen molar-refractivity contribution in [1.29, 1.82) is 0 Å². The lowest BCUT2D eigenvalue weighted by atomic mass is 10.2. The Hall–Kier alpha value is -1.90. The number of aromatic nitrogens is 2. The predicted octanol–water partition coefficient (Wildman–Crippen LogP) is 1.99. The van der Waals surface area contributed by atoms with Crippen LogP contribution in [0.1, 0.15) is 16.1 Å². The van der Waals surface area contributed by atoms with Gasteiger partial charge in [0.05, 0.1) is 12.5 Å². The summed E-state index contributed by atoms with van der Waals surface area (Å²) < 4.78 is 1.76. The maximum absolute atomic E-state index is 10.7. The fourth-order valence-electron chi connectivity index (χ4n) is 1.31. The van der Waals surface area contributed by atoms with E-state index in [-0.39, 0.29) is 0 Å². The molecule has 2 aromatic rings. The first-order valence-corrected chi connectivity index (χ1v) is 4.36. The van der Waals surface area contributed by atoms with Gasteiger partial charge < -0.3 is 0 Å². The fraction of sp³-hybridized carbons (Fsp3) is 0.0909. The molecule has 0 aliphatic rings. The molecule has 0 N–H and O–H groups in total. The van der Waals surface area contributed by atoms with Crippen LogP contribution in [0.25, 0.3) is 5.69 Å². The molecule has 1 aromatic heterocycles. The van der Waals surface area contributed by atoms with Gasteiger partial charge in [-0.25, -0.2) is 4.98 Å². The van der Waals surface area contributed by atoms with E-state index in [2.05, 4.69) is 4.98 Å². The van der Waals surface area contributed by atoms with Crippen LogP contribution >= 0.6 is 0 Å². The minimum absolute atomic E-state index is 0.564. The molecule has 1 aromatic carbocycles. The van der Waals surface area contributed by atoms with Gasteiger partial charge in [-0.2, -0.15) is 0 Å². The van der Waals surface area contributed by atoms with Gasteiger partial charge in [-0.15, -0.1) is 0 Å². The zero-order valence-corrected chi connectivity index (χ0v) is 7.84. The minimum Gasteiger partial charge on any atom is -0.296 e. The molecule has 0 bridgehead atoms. The van der Waals surface area contributed by atoms with Crippen LogP contribution in [0.5, 0.6) is 0 Å². The molecule has 0 fully saturated rings. The van der Waals surface area contributed by atoms with Crippen LogP contribution in [0, 0.1) is 6.92 Å². The van der Waals surface area contributed by atoms with Crippen LogP contribution in [-0.2, 0) is 0 Å². The summed E-state index contributed by atoms with van der Waals surface area (Å²) in [5, 5.41) is 0. The number of rotatable bonds is 2. The van der Waals surface area contributed by atoms with Gasteiger partial charge in [0.2, 0.25) is 0 Å². The van der Waals surface area contributed by atoms with Crippen molar-refractivity contribution in [2.75, 3.05) is 0 Å². The normalized spacial score (nSPS) is 10.1. The fourth-order valence-corrected chi connectivity index (χ4v) is 1.31. The Kier molecular flexibility index (Phi) is 2.14. The second kappa shape index (κ2) is 3.46. The third-order valence-corrected chi connectivity index (χ3v) is 2.10. The van der Waals surface area contributed by atoms with Gasteiger partial charge >= 0.3 is 0 Å². The van der Waals surface area contributed by atoms with Gasteiger partial charge in [-0.05, 0) is 19.1 Å². The molecule has 0 radical (unpaired) electrons. The molecule has 0 aliphatic heterocycles. The molecule has 0 saturated heterocycles. The van der Waals surface area contributed by atoms with Crippen LogP contribution < -0.4 is 0 Å². The molecular weight excluding hydrogens is 176 g/mol. The standard InChI is InChI=1S/C11H10N2O/c1-9-2-4-10(5-3-9)13-8-12-6-11(13)7-14/h2-8H,1H3. The first-order valence-electron chi connectivity index (χ1n) is 4.36. The lowest BCUT2D eigenvalue weighted by molar-refractivity contribution is 0.111. The Bertz CT molecular complexity index is 443. The SMILES string of the molecule is Cc1ccc(-n2cncc2C=O)cc1. The van der Waals surface area contributed by atoms with Crippen LogP contribution in [0.15, 0.2) is 36.8 Å². The average molecular weight is 186 g/mol. The molecule has 14 heavy (non-hydrogen) atoms. The van der Waals surface area contributed by atoms with Crippen LogP contribution in [0.3, 0.4) is 0 Å². The smallest absolute Gasteiger partial charge is 0.168 e. The Morgan fingerprint density at radius 2 is 2.00 bits per heavy atom. The summed E-state index contributed by atoms with van der Waals surface area (Å²) in [5.41, 5.74) is 2.71. The second-order valence-corrected chi connectivity index (χ2v) is 3.14. The number of aryl methyl sites for hydroxylation is 1. The van der Waals surface area contributed by atoms with Crippen molar-refractivity contribution in [1.82, 2.24) is 9.55 Å². The van der Waals surface area contributed by atoms with E-state index in [4.69, 9.17) is 0 Å². The van der Waals surface area contributed by atoms with E-state index in [1.165, 1.54) is 5.56 Å². The highest BCUT2D eigenvalue weighted by Gasteiger charge is 2.01. The summed E-state index contributed by atoms with van der Waals surface area (Å²) in [6, 6.07) is 7.93. The zero-order valence-electron chi connectivity index (χ0n) is 7.84. The van der Waals surface area contributed by atoms with Crippen molar-refractivity contribution < 1.29 is 4.79 Å². The van der Waals surface area contributed by atoms with Gasteiger partial charge in [0, 0.05) is 5.69 Å². The highest BCUT2D eigenvalue weighted by atomic mass is 16.1. The van der Waals surface area contributed by atoms with Crippen LogP contribution in [-0.4, -0.2) is 15.8 Å². The molecule has 0 saturated carbocycles. The van der Waals surface area contributed by atoms with Crippen molar-refractivity contribution >= 4 is 6.29 Å². The van der Waals surface area contributed by atoms with Crippen molar-refractivity contribution in [3.63, 3.8) is 0 Å². The summed E-state index contributed by atoms with van der Waals surface area (Å²) >= 11 is 0. The number of carbonyl (C=O) groups excluding carboxylic acids is 1. The van der Waals surface area contributed by atoms with E-state index >= 15 is 0 Å². The van der Waals surface area contributed by atoms with Gasteiger partial charge in [-0.1, -0.05) is 17.7 Å².